The van der Waals surface area contributed by atoms with Gasteiger partial charge in [0.2, 0.25) is 10.0 Å². The maximum Gasteiger partial charge on any atom is 0.339 e. The van der Waals surface area contributed by atoms with Crippen molar-refractivity contribution in [3.8, 4) is 5.75 Å². The van der Waals surface area contributed by atoms with Crippen molar-refractivity contribution >= 4 is 27.0 Å². The summed E-state index contributed by atoms with van der Waals surface area (Å²) in [5, 5.41) is 0.748. The van der Waals surface area contributed by atoms with Crippen LogP contribution >= 0.6 is 0 Å². The Bertz CT molecular complexity index is 1290. The topological polar surface area (TPSA) is 103 Å². The zero-order valence-electron chi connectivity index (χ0n) is 17.4. The van der Waals surface area contributed by atoms with Gasteiger partial charge in [-0.2, -0.15) is 4.72 Å². The first-order chi connectivity index (χ1) is 14.0. The summed E-state index contributed by atoms with van der Waals surface area (Å²) in [6.45, 7) is 8.43. The number of carbonyl (C=O) groups is 1. The molecule has 30 heavy (non-hydrogen) atoms. The Balaban J connectivity index is 1.84. The molecule has 1 heterocycles. The van der Waals surface area contributed by atoms with Crippen molar-refractivity contribution < 1.29 is 22.4 Å². The molecule has 0 fully saturated rings. The van der Waals surface area contributed by atoms with Gasteiger partial charge in [0.1, 0.15) is 17.4 Å². The van der Waals surface area contributed by atoms with Gasteiger partial charge in [0.25, 0.3) is 0 Å². The predicted molar refractivity (Wildman–Crippen MR) is 113 cm³/mol. The molecule has 0 saturated carbocycles. The number of fused-ring (bicyclic) bond motifs is 1. The quantitative estimate of drug-likeness (QED) is 0.379. The van der Waals surface area contributed by atoms with Crippen molar-refractivity contribution in [1.29, 1.82) is 0 Å². The molecule has 0 bridgehead atoms. The highest BCUT2D eigenvalue weighted by molar-refractivity contribution is 7.89. The molecule has 3 rings (SSSR count). The zero-order chi connectivity index (χ0) is 22.2. The van der Waals surface area contributed by atoms with Gasteiger partial charge in [-0.05, 0) is 64.4 Å². The normalized spacial score (nSPS) is 12.7. The van der Waals surface area contributed by atoms with Crippen molar-refractivity contribution in [3.05, 3.63) is 69.1 Å². The number of rotatable bonds is 5. The average Bonchev–Trinajstić information content (AvgIpc) is 2.68. The maximum absolute atomic E-state index is 12.5. The van der Waals surface area contributed by atoms with Crippen LogP contribution in [0.4, 0.5) is 0 Å². The maximum atomic E-state index is 12.5. The second kappa shape index (κ2) is 8.04. The summed E-state index contributed by atoms with van der Waals surface area (Å²) in [6.07, 6.45) is 0. The lowest BCUT2D eigenvalue weighted by Crippen LogP contribution is -2.40. The molecule has 0 amide bonds. The first-order valence-corrected chi connectivity index (χ1v) is 10.8. The fourth-order valence-corrected chi connectivity index (χ4v) is 4.19. The highest BCUT2D eigenvalue weighted by Gasteiger charge is 2.24. The number of ether oxygens (including phenoxy) is 1. The molecule has 0 aliphatic rings. The summed E-state index contributed by atoms with van der Waals surface area (Å²) in [5.74, 6) is -0.584. The van der Waals surface area contributed by atoms with E-state index in [0.717, 1.165) is 16.5 Å². The molecule has 1 aromatic heterocycles. The van der Waals surface area contributed by atoms with Crippen molar-refractivity contribution in [2.75, 3.05) is 0 Å². The zero-order valence-corrected chi connectivity index (χ0v) is 18.2. The second-order valence-corrected chi connectivity index (χ2v) is 9.00. The monoisotopic (exact) mass is 429 g/mol. The lowest BCUT2D eigenvalue weighted by molar-refractivity contribution is -0.135. The summed E-state index contributed by atoms with van der Waals surface area (Å²) in [7, 11) is -3.89. The number of carbonyl (C=O) groups excluding carboxylic acids is 1. The fourth-order valence-electron chi connectivity index (χ4n) is 3.00. The number of esters is 1. The van der Waals surface area contributed by atoms with Crippen LogP contribution in [0.15, 0.2) is 50.5 Å². The molecule has 0 aliphatic heterocycles. The summed E-state index contributed by atoms with van der Waals surface area (Å²) in [5.41, 5.74) is 2.60. The highest BCUT2D eigenvalue weighted by atomic mass is 32.2. The molecule has 0 aliphatic carbocycles. The molecule has 2 aromatic carbocycles. The van der Waals surface area contributed by atoms with E-state index in [2.05, 4.69) is 4.72 Å². The van der Waals surface area contributed by atoms with Gasteiger partial charge in [-0.1, -0.05) is 17.7 Å². The SMILES string of the molecule is Cc1ccc(S(=O)(=O)N[C@@H](C)C(=O)Oc2ccc3c(C)c(C)c(=O)oc3c2C)cc1. The van der Waals surface area contributed by atoms with Gasteiger partial charge in [-0.25, -0.2) is 18.0 Å². The van der Waals surface area contributed by atoms with E-state index in [1.807, 2.05) is 13.8 Å². The molecule has 0 unspecified atom stereocenters. The molecule has 0 saturated heterocycles. The predicted octanol–water partition coefficient (Wildman–Crippen LogP) is 3.30. The van der Waals surface area contributed by atoms with Gasteiger partial charge < -0.3 is 9.15 Å². The Kier molecular flexibility index (Phi) is 5.83. The Hall–Kier alpha value is -2.97. The van der Waals surface area contributed by atoms with Crippen molar-refractivity contribution in [2.24, 2.45) is 0 Å². The summed E-state index contributed by atoms with van der Waals surface area (Å²) in [6, 6.07) is 8.46. The lowest BCUT2D eigenvalue weighted by Gasteiger charge is -2.15. The third-order valence-electron chi connectivity index (χ3n) is 5.05. The van der Waals surface area contributed by atoms with E-state index in [1.165, 1.54) is 19.1 Å². The molecule has 158 valence electrons. The van der Waals surface area contributed by atoms with Crippen LogP contribution in [-0.2, 0) is 14.8 Å². The lowest BCUT2D eigenvalue weighted by atomic mass is 10.0. The minimum Gasteiger partial charge on any atom is -0.425 e. The van der Waals surface area contributed by atoms with Crippen LogP contribution in [0.5, 0.6) is 5.75 Å². The second-order valence-electron chi connectivity index (χ2n) is 7.28. The van der Waals surface area contributed by atoms with E-state index in [0.29, 0.717) is 16.7 Å². The van der Waals surface area contributed by atoms with Gasteiger partial charge in [0, 0.05) is 16.5 Å². The van der Waals surface area contributed by atoms with Crippen molar-refractivity contribution in [3.63, 3.8) is 0 Å². The van der Waals surface area contributed by atoms with E-state index in [-0.39, 0.29) is 10.6 Å². The van der Waals surface area contributed by atoms with Gasteiger partial charge in [0.15, 0.2) is 0 Å². The van der Waals surface area contributed by atoms with Crippen molar-refractivity contribution in [2.45, 2.75) is 45.6 Å². The van der Waals surface area contributed by atoms with Crippen LogP contribution in [0.25, 0.3) is 11.0 Å². The third-order valence-corrected chi connectivity index (χ3v) is 6.61. The summed E-state index contributed by atoms with van der Waals surface area (Å²) >= 11 is 0. The van der Waals surface area contributed by atoms with Crippen LogP contribution in [0.2, 0.25) is 0 Å². The van der Waals surface area contributed by atoms with E-state index in [1.54, 1.807) is 38.1 Å². The highest BCUT2D eigenvalue weighted by Crippen LogP contribution is 2.29. The first-order valence-electron chi connectivity index (χ1n) is 9.35. The van der Waals surface area contributed by atoms with Crippen LogP contribution in [0.1, 0.15) is 29.2 Å². The number of hydrogen-bond acceptors (Lipinski definition) is 6. The first kappa shape index (κ1) is 21.7. The number of nitrogens with one attached hydrogen (secondary N) is 1. The van der Waals surface area contributed by atoms with Gasteiger partial charge in [-0.3, -0.25) is 0 Å². The van der Waals surface area contributed by atoms with E-state index >= 15 is 0 Å². The minimum absolute atomic E-state index is 0.0576. The van der Waals surface area contributed by atoms with E-state index < -0.39 is 27.7 Å². The van der Waals surface area contributed by atoms with Crippen molar-refractivity contribution in [1.82, 2.24) is 4.72 Å². The molecule has 1 N–H and O–H groups in total. The van der Waals surface area contributed by atoms with Gasteiger partial charge in [-0.15, -0.1) is 0 Å². The number of sulfonamides is 1. The number of aryl methyl sites for hydroxylation is 3. The molecule has 0 spiro atoms. The van der Waals surface area contributed by atoms with Gasteiger partial charge in [0.05, 0.1) is 4.90 Å². The Morgan fingerprint density at radius 1 is 0.967 bits per heavy atom. The largest absolute Gasteiger partial charge is 0.425 e. The van der Waals surface area contributed by atoms with Gasteiger partial charge >= 0.3 is 11.6 Å². The van der Waals surface area contributed by atoms with Crippen LogP contribution < -0.4 is 15.1 Å². The Morgan fingerprint density at radius 3 is 2.23 bits per heavy atom. The Morgan fingerprint density at radius 2 is 1.60 bits per heavy atom. The molecule has 3 aromatic rings. The van der Waals surface area contributed by atoms with E-state index in [9.17, 15) is 18.0 Å². The summed E-state index contributed by atoms with van der Waals surface area (Å²) < 4.78 is 38.1. The number of benzene rings is 2. The summed E-state index contributed by atoms with van der Waals surface area (Å²) in [4.78, 5) is 24.6. The standard InChI is InChI=1S/C22H23NO6S/c1-12-6-8-17(9-7-12)30(26,27)23-16(5)22(25)28-19-11-10-18-13(2)14(3)21(24)29-20(18)15(19)4/h6-11,16,23H,1-5H3/t16-/m0/s1. The third kappa shape index (κ3) is 4.15. The van der Waals surface area contributed by atoms with Crippen LogP contribution in [0.3, 0.4) is 0 Å². The molecular weight excluding hydrogens is 406 g/mol. The van der Waals surface area contributed by atoms with E-state index in [4.69, 9.17) is 9.15 Å². The average molecular weight is 429 g/mol. The number of hydrogen-bond donors (Lipinski definition) is 1. The molecule has 1 atom stereocenters. The minimum atomic E-state index is -3.89. The molecule has 8 heteroatoms. The smallest absolute Gasteiger partial charge is 0.339 e. The van der Waals surface area contributed by atoms with Crippen LogP contribution in [-0.4, -0.2) is 20.4 Å². The van der Waals surface area contributed by atoms with Crippen LogP contribution in [0, 0.1) is 27.7 Å². The molecule has 0 radical (unpaired) electrons. The molecule has 7 nitrogen and oxygen atoms in total. The molecular formula is C22H23NO6S. The fraction of sp³-hybridized carbons (Fsp3) is 0.273. The Labute approximate surface area is 174 Å².